The molecule has 1 aromatic rings. The number of likely N-dealkylation sites (N-methyl/N-ethyl adjacent to an activating group) is 1. The summed E-state index contributed by atoms with van der Waals surface area (Å²) < 4.78 is 37.7. The lowest BCUT2D eigenvalue weighted by molar-refractivity contribution is -0.141. The molecular formula is C13H17F3N4. The highest BCUT2D eigenvalue weighted by Crippen LogP contribution is 2.29. The van der Waals surface area contributed by atoms with E-state index in [1.54, 1.807) is 0 Å². The number of hydrogen-bond acceptors (Lipinski definition) is 4. The summed E-state index contributed by atoms with van der Waals surface area (Å²) in [4.78, 5) is 5.51. The Labute approximate surface area is 116 Å². The van der Waals surface area contributed by atoms with Gasteiger partial charge in [0.25, 0.3) is 0 Å². The Hall–Kier alpha value is -1.81. The van der Waals surface area contributed by atoms with Crippen molar-refractivity contribution >= 4 is 5.82 Å². The van der Waals surface area contributed by atoms with Crippen LogP contribution in [0.4, 0.5) is 19.0 Å². The third-order valence-corrected chi connectivity index (χ3v) is 2.94. The van der Waals surface area contributed by atoms with E-state index in [9.17, 15) is 13.2 Å². The third-order valence-electron chi connectivity index (χ3n) is 2.94. The number of nitriles is 1. The molecule has 0 atom stereocenters. The van der Waals surface area contributed by atoms with E-state index in [1.165, 1.54) is 0 Å². The van der Waals surface area contributed by atoms with E-state index in [1.807, 2.05) is 31.9 Å². The number of nitrogens with one attached hydrogen (secondary N) is 1. The number of halogens is 3. The summed E-state index contributed by atoms with van der Waals surface area (Å²) in [6.45, 7) is 5.09. The zero-order valence-electron chi connectivity index (χ0n) is 11.6. The highest BCUT2D eigenvalue weighted by atomic mass is 19.4. The highest BCUT2D eigenvalue weighted by molar-refractivity contribution is 5.52. The van der Waals surface area contributed by atoms with Crippen molar-refractivity contribution in [3.8, 4) is 6.07 Å². The van der Waals surface area contributed by atoms with E-state index in [0.717, 1.165) is 12.1 Å². The van der Waals surface area contributed by atoms with E-state index >= 15 is 0 Å². The maximum atomic E-state index is 12.6. The van der Waals surface area contributed by atoms with Crippen LogP contribution in [0.3, 0.4) is 0 Å². The van der Waals surface area contributed by atoms with Gasteiger partial charge in [0, 0.05) is 19.1 Å². The summed E-state index contributed by atoms with van der Waals surface area (Å²) in [5.41, 5.74) is -0.901. The van der Waals surface area contributed by atoms with Crippen molar-refractivity contribution in [2.24, 2.45) is 0 Å². The van der Waals surface area contributed by atoms with Gasteiger partial charge in [0.2, 0.25) is 0 Å². The topological polar surface area (TPSA) is 52.0 Å². The third kappa shape index (κ3) is 4.38. The number of nitrogens with zero attached hydrogens (tertiary/aromatic N) is 3. The van der Waals surface area contributed by atoms with Crippen molar-refractivity contribution in [3.05, 3.63) is 23.4 Å². The van der Waals surface area contributed by atoms with Gasteiger partial charge in [-0.25, -0.2) is 4.98 Å². The van der Waals surface area contributed by atoms with Gasteiger partial charge in [-0.1, -0.05) is 0 Å². The lowest BCUT2D eigenvalue weighted by atomic mass is 10.2. The predicted molar refractivity (Wildman–Crippen MR) is 70.2 cm³/mol. The minimum Gasteiger partial charge on any atom is -0.368 e. The molecule has 7 heteroatoms. The molecule has 110 valence electrons. The first kappa shape index (κ1) is 16.2. The molecule has 0 aliphatic rings. The Morgan fingerprint density at radius 3 is 2.55 bits per heavy atom. The molecular weight excluding hydrogens is 269 g/mol. The van der Waals surface area contributed by atoms with Crippen LogP contribution < -0.4 is 5.32 Å². The predicted octanol–water partition coefficient (Wildman–Crippen LogP) is 2.72. The molecule has 0 aromatic carbocycles. The van der Waals surface area contributed by atoms with Crippen LogP contribution in [0.1, 0.15) is 25.1 Å². The molecule has 0 aliphatic carbocycles. The number of rotatable bonds is 5. The van der Waals surface area contributed by atoms with Crippen LogP contribution in [0.25, 0.3) is 0 Å². The first-order valence-corrected chi connectivity index (χ1v) is 6.18. The molecule has 0 unspecified atom stereocenters. The molecule has 4 nitrogen and oxygen atoms in total. The average Bonchev–Trinajstić information content (AvgIpc) is 2.37. The molecule has 1 aromatic heterocycles. The second-order valence-electron chi connectivity index (χ2n) is 4.70. The fourth-order valence-electron chi connectivity index (χ4n) is 1.45. The summed E-state index contributed by atoms with van der Waals surface area (Å²) in [6, 6.07) is 4.10. The maximum absolute atomic E-state index is 12.6. The van der Waals surface area contributed by atoms with Gasteiger partial charge in [-0.2, -0.15) is 18.4 Å². The second kappa shape index (κ2) is 6.57. The zero-order chi connectivity index (χ0) is 15.3. The monoisotopic (exact) mass is 286 g/mol. The molecule has 1 heterocycles. The van der Waals surface area contributed by atoms with Gasteiger partial charge in [-0.3, -0.25) is 0 Å². The second-order valence-corrected chi connectivity index (χ2v) is 4.70. The van der Waals surface area contributed by atoms with Gasteiger partial charge in [0.05, 0.1) is 5.56 Å². The number of alkyl halides is 3. The van der Waals surface area contributed by atoms with E-state index < -0.39 is 11.9 Å². The zero-order valence-corrected chi connectivity index (χ0v) is 11.6. The first-order valence-electron chi connectivity index (χ1n) is 6.18. The van der Waals surface area contributed by atoms with Gasteiger partial charge >= 0.3 is 6.18 Å². The lowest BCUT2D eigenvalue weighted by Gasteiger charge is -2.21. The van der Waals surface area contributed by atoms with Crippen molar-refractivity contribution < 1.29 is 13.2 Å². The Morgan fingerprint density at radius 2 is 2.05 bits per heavy atom. The first-order chi connectivity index (χ1) is 9.25. The summed E-state index contributed by atoms with van der Waals surface area (Å²) >= 11 is 0. The number of hydrogen-bond donors (Lipinski definition) is 1. The lowest BCUT2D eigenvalue weighted by Crippen LogP contribution is -2.31. The van der Waals surface area contributed by atoms with Crippen molar-refractivity contribution in [3.63, 3.8) is 0 Å². The normalized spacial score (nSPS) is 11.8. The Kier molecular flexibility index (Phi) is 5.34. The molecule has 0 aliphatic heterocycles. The fourth-order valence-corrected chi connectivity index (χ4v) is 1.45. The standard InChI is InChI=1S/C13H17F3N4/c1-9(2)20(3)7-6-18-12-10(8-17)4-5-11(19-12)13(14,15)16/h4-5,9H,6-7H2,1-3H3,(H,18,19). The van der Waals surface area contributed by atoms with Crippen molar-refractivity contribution in [2.75, 3.05) is 25.5 Å². The summed E-state index contributed by atoms with van der Waals surface area (Å²) in [6.07, 6.45) is -4.51. The molecule has 0 bridgehead atoms. The van der Waals surface area contributed by atoms with Gasteiger partial charge in [-0.05, 0) is 33.0 Å². The molecule has 0 spiro atoms. The molecule has 0 amide bonds. The van der Waals surface area contributed by atoms with Gasteiger partial charge in [-0.15, -0.1) is 0 Å². The SMILES string of the molecule is CC(C)N(C)CCNc1nc(C(F)(F)F)ccc1C#N. The van der Waals surface area contributed by atoms with E-state index in [-0.39, 0.29) is 11.4 Å². The summed E-state index contributed by atoms with van der Waals surface area (Å²) in [5, 5.41) is 11.7. The average molecular weight is 286 g/mol. The van der Waals surface area contributed by atoms with Crippen molar-refractivity contribution in [2.45, 2.75) is 26.1 Å². The fraction of sp³-hybridized carbons (Fsp3) is 0.538. The van der Waals surface area contributed by atoms with Crippen LogP contribution in [0.5, 0.6) is 0 Å². The van der Waals surface area contributed by atoms with Gasteiger partial charge < -0.3 is 10.2 Å². The number of anilines is 1. The van der Waals surface area contributed by atoms with Crippen LogP contribution >= 0.6 is 0 Å². The van der Waals surface area contributed by atoms with Crippen LogP contribution in [0.15, 0.2) is 12.1 Å². The number of pyridine rings is 1. The summed E-state index contributed by atoms with van der Waals surface area (Å²) in [7, 11) is 1.91. The molecule has 0 saturated heterocycles. The maximum Gasteiger partial charge on any atom is 0.433 e. The molecule has 0 radical (unpaired) electrons. The van der Waals surface area contributed by atoms with Crippen LogP contribution in [-0.4, -0.2) is 36.1 Å². The molecule has 20 heavy (non-hydrogen) atoms. The number of aromatic nitrogens is 1. The van der Waals surface area contributed by atoms with E-state index in [4.69, 9.17) is 5.26 Å². The summed E-state index contributed by atoms with van der Waals surface area (Å²) in [5.74, 6) is -0.0283. The van der Waals surface area contributed by atoms with Crippen molar-refractivity contribution in [1.29, 1.82) is 5.26 Å². The van der Waals surface area contributed by atoms with Crippen LogP contribution in [-0.2, 0) is 6.18 Å². The minimum atomic E-state index is -4.51. The largest absolute Gasteiger partial charge is 0.433 e. The quantitative estimate of drug-likeness (QED) is 0.904. The molecule has 0 saturated carbocycles. The Balaban J connectivity index is 2.80. The highest BCUT2D eigenvalue weighted by Gasteiger charge is 2.33. The molecule has 1 rings (SSSR count). The van der Waals surface area contributed by atoms with Gasteiger partial charge in [0.15, 0.2) is 0 Å². The Bertz CT molecular complexity index is 491. The van der Waals surface area contributed by atoms with Crippen LogP contribution in [0, 0.1) is 11.3 Å². The Morgan fingerprint density at radius 1 is 1.40 bits per heavy atom. The van der Waals surface area contributed by atoms with E-state index in [0.29, 0.717) is 19.1 Å². The molecule has 0 fully saturated rings. The van der Waals surface area contributed by atoms with Crippen LogP contribution in [0.2, 0.25) is 0 Å². The van der Waals surface area contributed by atoms with Gasteiger partial charge in [0.1, 0.15) is 17.6 Å². The molecule has 1 N–H and O–H groups in total. The smallest absolute Gasteiger partial charge is 0.368 e. The van der Waals surface area contributed by atoms with E-state index in [2.05, 4.69) is 10.3 Å². The van der Waals surface area contributed by atoms with Crippen molar-refractivity contribution in [1.82, 2.24) is 9.88 Å². The minimum absolute atomic E-state index is 0.0283.